The number of carbonyl (C=O) groups is 2. The SMILES string of the molecule is O=C(O)c1cccc2c1CC1(CC2)CCN(Cc2ccc(C(F)(F)F)cc2)C1=O. The molecule has 0 bridgehead atoms. The first-order chi connectivity index (χ1) is 13.7. The Bertz CT molecular complexity index is 968. The number of fused-ring (bicyclic) bond motifs is 1. The van der Waals surface area contributed by atoms with Gasteiger partial charge in [-0.25, -0.2) is 4.79 Å². The Morgan fingerprint density at radius 3 is 2.48 bits per heavy atom. The summed E-state index contributed by atoms with van der Waals surface area (Å²) >= 11 is 0. The van der Waals surface area contributed by atoms with Gasteiger partial charge < -0.3 is 10.0 Å². The first-order valence-electron chi connectivity index (χ1n) is 9.49. The number of likely N-dealkylation sites (tertiary alicyclic amines) is 1. The standard InChI is InChI=1S/C22H20F3NO3/c23-22(24,25)16-6-4-14(5-7-16)13-26-11-10-21(20(26)29)9-8-15-2-1-3-17(19(27)28)18(15)12-21/h1-7H,8-13H2,(H,27,28). The maximum Gasteiger partial charge on any atom is 0.416 e. The zero-order valence-electron chi connectivity index (χ0n) is 15.6. The van der Waals surface area contributed by atoms with Crippen molar-refractivity contribution in [3.63, 3.8) is 0 Å². The van der Waals surface area contributed by atoms with Gasteiger partial charge in [0.25, 0.3) is 0 Å². The van der Waals surface area contributed by atoms with Crippen molar-refractivity contribution >= 4 is 11.9 Å². The Morgan fingerprint density at radius 1 is 1.10 bits per heavy atom. The molecule has 2 aromatic carbocycles. The third kappa shape index (κ3) is 3.50. The van der Waals surface area contributed by atoms with E-state index >= 15 is 0 Å². The summed E-state index contributed by atoms with van der Waals surface area (Å²) in [4.78, 5) is 26.5. The van der Waals surface area contributed by atoms with Gasteiger partial charge in [0, 0.05) is 13.1 Å². The van der Waals surface area contributed by atoms with Crippen LogP contribution in [0.2, 0.25) is 0 Å². The highest BCUT2D eigenvalue weighted by molar-refractivity contribution is 5.91. The van der Waals surface area contributed by atoms with Gasteiger partial charge in [0.1, 0.15) is 0 Å². The molecule has 0 radical (unpaired) electrons. The van der Waals surface area contributed by atoms with Crippen LogP contribution >= 0.6 is 0 Å². The number of nitrogens with zero attached hydrogens (tertiary/aromatic N) is 1. The Morgan fingerprint density at radius 2 is 1.83 bits per heavy atom. The van der Waals surface area contributed by atoms with Crippen molar-refractivity contribution < 1.29 is 27.9 Å². The highest BCUT2D eigenvalue weighted by Crippen LogP contribution is 2.45. The van der Waals surface area contributed by atoms with E-state index in [-0.39, 0.29) is 18.0 Å². The van der Waals surface area contributed by atoms with Crippen molar-refractivity contribution in [1.29, 1.82) is 0 Å². The molecule has 1 heterocycles. The van der Waals surface area contributed by atoms with Crippen LogP contribution in [0.1, 0.15) is 45.5 Å². The van der Waals surface area contributed by atoms with E-state index in [0.29, 0.717) is 37.8 Å². The summed E-state index contributed by atoms with van der Waals surface area (Å²) < 4.78 is 38.2. The van der Waals surface area contributed by atoms with Gasteiger partial charge in [-0.1, -0.05) is 24.3 Å². The number of carboxylic acid groups (broad SMARTS) is 1. The fourth-order valence-electron chi connectivity index (χ4n) is 4.54. The Labute approximate surface area is 165 Å². The monoisotopic (exact) mass is 403 g/mol. The zero-order valence-corrected chi connectivity index (χ0v) is 15.6. The molecule has 152 valence electrons. The van der Waals surface area contributed by atoms with Gasteiger partial charge >= 0.3 is 12.1 Å². The molecule has 4 nitrogen and oxygen atoms in total. The minimum Gasteiger partial charge on any atom is -0.478 e. The van der Waals surface area contributed by atoms with E-state index in [4.69, 9.17) is 0 Å². The molecular weight excluding hydrogens is 383 g/mol. The van der Waals surface area contributed by atoms with Crippen molar-refractivity contribution in [3.05, 3.63) is 70.3 Å². The lowest BCUT2D eigenvalue weighted by Gasteiger charge is -2.34. The third-order valence-corrected chi connectivity index (χ3v) is 6.15. The Kier molecular flexibility index (Phi) is 4.63. The highest BCUT2D eigenvalue weighted by atomic mass is 19.4. The first-order valence-corrected chi connectivity index (χ1v) is 9.49. The average molecular weight is 403 g/mol. The first kappa shape index (κ1) is 19.5. The molecule has 29 heavy (non-hydrogen) atoms. The summed E-state index contributed by atoms with van der Waals surface area (Å²) in [7, 11) is 0. The lowest BCUT2D eigenvalue weighted by Crippen LogP contribution is -2.39. The predicted octanol–water partition coefficient (Wildman–Crippen LogP) is 4.31. The van der Waals surface area contributed by atoms with Gasteiger partial charge in [0.2, 0.25) is 5.91 Å². The zero-order chi connectivity index (χ0) is 20.8. The number of alkyl halides is 3. The number of aryl methyl sites for hydroxylation is 1. The lowest BCUT2D eigenvalue weighted by atomic mass is 9.69. The van der Waals surface area contributed by atoms with Crippen molar-refractivity contribution in [2.75, 3.05) is 6.54 Å². The molecule has 1 spiro atoms. The molecule has 1 amide bonds. The molecule has 1 unspecified atom stereocenters. The van der Waals surface area contributed by atoms with Gasteiger partial charge in [-0.2, -0.15) is 13.2 Å². The largest absolute Gasteiger partial charge is 0.478 e. The molecule has 2 aliphatic rings. The molecule has 1 N–H and O–H groups in total. The topological polar surface area (TPSA) is 57.6 Å². The second-order valence-electron chi connectivity index (χ2n) is 7.88. The van der Waals surface area contributed by atoms with Crippen LogP contribution in [-0.4, -0.2) is 28.4 Å². The molecule has 0 saturated carbocycles. The van der Waals surface area contributed by atoms with E-state index in [1.165, 1.54) is 12.1 Å². The predicted molar refractivity (Wildman–Crippen MR) is 99.3 cm³/mol. The maximum atomic E-state index is 13.2. The number of aromatic carboxylic acids is 1. The maximum absolute atomic E-state index is 13.2. The molecule has 1 fully saturated rings. The number of benzene rings is 2. The van der Waals surface area contributed by atoms with Crippen molar-refractivity contribution in [2.24, 2.45) is 5.41 Å². The number of rotatable bonds is 3. The molecular formula is C22H20F3NO3. The quantitative estimate of drug-likeness (QED) is 0.831. The number of hydrogen-bond acceptors (Lipinski definition) is 2. The lowest BCUT2D eigenvalue weighted by molar-refractivity contribution is -0.138. The van der Waals surface area contributed by atoms with Gasteiger partial charge in [-0.05, 0) is 60.6 Å². The van der Waals surface area contributed by atoms with Crippen LogP contribution in [0.3, 0.4) is 0 Å². The van der Waals surface area contributed by atoms with Gasteiger partial charge in [-0.3, -0.25) is 4.79 Å². The number of halogens is 3. The normalized spacial score (nSPS) is 21.5. The second kappa shape index (κ2) is 6.90. The van der Waals surface area contributed by atoms with Crippen LogP contribution in [-0.2, 0) is 30.4 Å². The number of carboxylic acids is 1. The number of hydrogen-bond donors (Lipinski definition) is 1. The Balaban J connectivity index is 1.53. The van der Waals surface area contributed by atoms with Gasteiger partial charge in [0.05, 0.1) is 16.5 Å². The summed E-state index contributed by atoms with van der Waals surface area (Å²) in [6.07, 6.45) is -2.06. The number of amides is 1. The van der Waals surface area contributed by atoms with Crippen LogP contribution in [0, 0.1) is 5.41 Å². The van der Waals surface area contributed by atoms with E-state index in [9.17, 15) is 27.9 Å². The van der Waals surface area contributed by atoms with E-state index in [1.807, 2.05) is 6.07 Å². The molecule has 1 aliphatic carbocycles. The minimum atomic E-state index is -4.39. The van der Waals surface area contributed by atoms with E-state index in [0.717, 1.165) is 23.3 Å². The summed E-state index contributed by atoms with van der Waals surface area (Å²) in [5.41, 5.74) is 1.27. The van der Waals surface area contributed by atoms with Crippen molar-refractivity contribution in [3.8, 4) is 0 Å². The van der Waals surface area contributed by atoms with Crippen LogP contribution in [0.25, 0.3) is 0 Å². The van der Waals surface area contributed by atoms with E-state index in [1.54, 1.807) is 17.0 Å². The fraction of sp³-hybridized carbons (Fsp3) is 0.364. The summed E-state index contributed by atoms with van der Waals surface area (Å²) in [5, 5.41) is 9.49. The third-order valence-electron chi connectivity index (χ3n) is 6.15. The number of carbonyl (C=O) groups excluding carboxylic acids is 1. The summed E-state index contributed by atoms with van der Waals surface area (Å²) in [6.45, 7) is 0.774. The van der Waals surface area contributed by atoms with Gasteiger partial charge in [0.15, 0.2) is 0 Å². The molecule has 0 aromatic heterocycles. The van der Waals surface area contributed by atoms with E-state index in [2.05, 4.69) is 0 Å². The smallest absolute Gasteiger partial charge is 0.416 e. The molecule has 1 saturated heterocycles. The molecule has 1 aliphatic heterocycles. The van der Waals surface area contributed by atoms with Crippen molar-refractivity contribution in [1.82, 2.24) is 4.90 Å². The second-order valence-corrected chi connectivity index (χ2v) is 7.88. The van der Waals surface area contributed by atoms with Crippen LogP contribution in [0.15, 0.2) is 42.5 Å². The summed E-state index contributed by atoms with van der Waals surface area (Å²) in [6, 6.07) is 10.1. The van der Waals surface area contributed by atoms with Crippen molar-refractivity contribution in [2.45, 2.75) is 38.4 Å². The molecule has 4 rings (SSSR count). The Hall–Kier alpha value is -2.83. The van der Waals surface area contributed by atoms with Crippen LogP contribution in [0.4, 0.5) is 13.2 Å². The molecule has 7 heteroatoms. The summed E-state index contributed by atoms with van der Waals surface area (Å²) in [5.74, 6) is -1.03. The van der Waals surface area contributed by atoms with E-state index < -0.39 is 23.1 Å². The van der Waals surface area contributed by atoms with Crippen LogP contribution in [0.5, 0.6) is 0 Å². The van der Waals surface area contributed by atoms with Crippen LogP contribution < -0.4 is 0 Å². The molecule has 2 aromatic rings. The average Bonchev–Trinajstić information content (AvgIpc) is 2.96. The minimum absolute atomic E-state index is 0.0387. The molecule has 1 atom stereocenters. The highest BCUT2D eigenvalue weighted by Gasteiger charge is 2.48. The van der Waals surface area contributed by atoms with Gasteiger partial charge in [-0.15, -0.1) is 0 Å². The fourth-order valence-corrected chi connectivity index (χ4v) is 4.54.